The van der Waals surface area contributed by atoms with Crippen molar-refractivity contribution in [2.24, 2.45) is 0 Å². The normalized spacial score (nSPS) is 10.3. The third kappa shape index (κ3) is 6.58. The summed E-state index contributed by atoms with van der Waals surface area (Å²) >= 11 is 0. The number of benzene rings is 1. The topological polar surface area (TPSA) is 65.1 Å². The molecule has 0 aliphatic rings. The third-order valence-corrected chi connectivity index (χ3v) is 3.85. The van der Waals surface area contributed by atoms with Gasteiger partial charge in [-0.05, 0) is 37.5 Å². The maximum absolute atomic E-state index is 12.4. The first-order chi connectivity index (χ1) is 11.5. The number of nitrogens with zero attached hydrogens (tertiary/aromatic N) is 1. The number of amides is 1. The highest BCUT2D eigenvalue weighted by molar-refractivity contribution is 5.78. The summed E-state index contributed by atoms with van der Waals surface area (Å²) in [4.78, 5) is 25.3. The fraction of sp³-hybridized carbons (Fsp3) is 0.556. The number of carbonyl (C=O) groups excluding carboxylic acids is 2. The van der Waals surface area contributed by atoms with Crippen molar-refractivity contribution in [3.63, 3.8) is 0 Å². The summed E-state index contributed by atoms with van der Waals surface area (Å²) in [6.07, 6.45) is 0.867. The van der Waals surface area contributed by atoms with Gasteiger partial charge in [0, 0.05) is 26.8 Å². The first kappa shape index (κ1) is 20.0. The molecule has 6 nitrogen and oxygen atoms in total. The van der Waals surface area contributed by atoms with E-state index >= 15 is 0 Å². The van der Waals surface area contributed by atoms with Gasteiger partial charge in [0.25, 0.3) is 5.91 Å². The second kappa shape index (κ2) is 10.6. The summed E-state index contributed by atoms with van der Waals surface area (Å²) in [6, 6.07) is 5.74. The molecule has 0 radical (unpaired) electrons. The van der Waals surface area contributed by atoms with Crippen molar-refractivity contribution in [2.45, 2.75) is 26.7 Å². The van der Waals surface area contributed by atoms with Gasteiger partial charge >= 0.3 is 5.97 Å². The predicted molar refractivity (Wildman–Crippen MR) is 91.1 cm³/mol. The Kier molecular flexibility index (Phi) is 8.86. The number of rotatable bonds is 10. The van der Waals surface area contributed by atoms with E-state index in [0.29, 0.717) is 31.9 Å². The molecule has 1 rings (SSSR count). The van der Waals surface area contributed by atoms with Gasteiger partial charge in [0.05, 0.1) is 13.5 Å². The van der Waals surface area contributed by atoms with Crippen LogP contribution in [-0.4, -0.2) is 57.3 Å². The van der Waals surface area contributed by atoms with E-state index < -0.39 is 0 Å². The molecule has 0 fully saturated rings. The number of esters is 1. The van der Waals surface area contributed by atoms with Crippen molar-refractivity contribution < 1.29 is 23.8 Å². The van der Waals surface area contributed by atoms with Crippen LogP contribution in [0.5, 0.6) is 5.75 Å². The maximum Gasteiger partial charge on any atom is 0.307 e. The second-order valence-corrected chi connectivity index (χ2v) is 5.54. The Balaban J connectivity index is 2.61. The summed E-state index contributed by atoms with van der Waals surface area (Å²) < 4.78 is 15.3. The van der Waals surface area contributed by atoms with Crippen LogP contribution in [0, 0.1) is 13.8 Å². The quantitative estimate of drug-likeness (QED) is 0.483. The number of hydrogen-bond donors (Lipinski definition) is 0. The molecule has 0 saturated heterocycles. The van der Waals surface area contributed by atoms with E-state index in [-0.39, 0.29) is 24.9 Å². The molecule has 0 aliphatic carbocycles. The molecule has 0 bridgehead atoms. The molecule has 0 heterocycles. The van der Waals surface area contributed by atoms with Crippen molar-refractivity contribution in [2.75, 3.05) is 40.5 Å². The standard InChI is InChI=1S/C18H27NO5/c1-14-7-5-8-16(15(14)2)24-13-17(20)19(10-6-12-22-3)11-9-18(21)23-4/h5,7-8H,6,9-13H2,1-4H3. The van der Waals surface area contributed by atoms with Gasteiger partial charge in [-0.1, -0.05) is 12.1 Å². The average molecular weight is 337 g/mol. The monoisotopic (exact) mass is 337 g/mol. The first-order valence-corrected chi connectivity index (χ1v) is 8.02. The summed E-state index contributed by atoms with van der Waals surface area (Å²) in [5.41, 5.74) is 2.13. The van der Waals surface area contributed by atoms with Crippen LogP contribution in [0.4, 0.5) is 0 Å². The molecule has 0 unspecified atom stereocenters. The van der Waals surface area contributed by atoms with Gasteiger partial charge in [-0.2, -0.15) is 0 Å². The minimum Gasteiger partial charge on any atom is -0.483 e. The van der Waals surface area contributed by atoms with E-state index in [1.807, 2.05) is 32.0 Å². The SMILES string of the molecule is COCCCN(CCC(=O)OC)C(=O)COc1cccc(C)c1C. The van der Waals surface area contributed by atoms with Crippen LogP contribution in [-0.2, 0) is 19.1 Å². The molecular formula is C18H27NO5. The molecule has 1 amide bonds. The first-order valence-electron chi connectivity index (χ1n) is 8.02. The summed E-state index contributed by atoms with van der Waals surface area (Å²) in [7, 11) is 2.95. The molecule has 0 saturated carbocycles. The van der Waals surface area contributed by atoms with Gasteiger partial charge in [0.2, 0.25) is 0 Å². The number of aryl methyl sites for hydroxylation is 1. The Morgan fingerprint density at radius 3 is 2.54 bits per heavy atom. The minimum absolute atomic E-state index is 0.0571. The number of methoxy groups -OCH3 is 2. The maximum atomic E-state index is 12.4. The fourth-order valence-corrected chi connectivity index (χ4v) is 2.20. The molecule has 1 aromatic carbocycles. The van der Waals surface area contributed by atoms with Crippen LogP contribution in [0.3, 0.4) is 0 Å². The molecule has 0 spiro atoms. The Morgan fingerprint density at radius 1 is 1.12 bits per heavy atom. The second-order valence-electron chi connectivity index (χ2n) is 5.54. The smallest absolute Gasteiger partial charge is 0.307 e. The van der Waals surface area contributed by atoms with Crippen LogP contribution in [0.1, 0.15) is 24.0 Å². The van der Waals surface area contributed by atoms with Crippen LogP contribution >= 0.6 is 0 Å². The Bertz CT molecular complexity index is 544. The summed E-state index contributed by atoms with van der Waals surface area (Å²) in [6.45, 7) is 5.28. The summed E-state index contributed by atoms with van der Waals surface area (Å²) in [5.74, 6) is 0.207. The molecule has 0 N–H and O–H groups in total. The average Bonchev–Trinajstić information content (AvgIpc) is 2.58. The lowest BCUT2D eigenvalue weighted by Crippen LogP contribution is -2.37. The van der Waals surface area contributed by atoms with Crippen LogP contribution in [0.15, 0.2) is 18.2 Å². The summed E-state index contributed by atoms with van der Waals surface area (Å²) in [5, 5.41) is 0. The highest BCUT2D eigenvalue weighted by Crippen LogP contribution is 2.20. The molecule has 0 aromatic heterocycles. The van der Waals surface area contributed by atoms with Gasteiger partial charge in [-0.25, -0.2) is 0 Å². The van der Waals surface area contributed by atoms with Crippen molar-refractivity contribution in [3.8, 4) is 5.75 Å². The lowest BCUT2D eigenvalue weighted by molar-refractivity contribution is -0.142. The van der Waals surface area contributed by atoms with E-state index in [4.69, 9.17) is 9.47 Å². The van der Waals surface area contributed by atoms with Crippen LogP contribution in [0.25, 0.3) is 0 Å². The molecule has 24 heavy (non-hydrogen) atoms. The third-order valence-electron chi connectivity index (χ3n) is 3.85. The zero-order chi connectivity index (χ0) is 17.9. The zero-order valence-corrected chi connectivity index (χ0v) is 15.0. The predicted octanol–water partition coefficient (Wildman–Crippen LogP) is 2.11. The molecule has 0 atom stereocenters. The van der Waals surface area contributed by atoms with Crippen molar-refractivity contribution in [1.29, 1.82) is 0 Å². The molecule has 6 heteroatoms. The Hall–Kier alpha value is -2.08. The van der Waals surface area contributed by atoms with E-state index in [2.05, 4.69) is 4.74 Å². The number of ether oxygens (including phenoxy) is 3. The highest BCUT2D eigenvalue weighted by atomic mass is 16.5. The fourth-order valence-electron chi connectivity index (χ4n) is 2.20. The largest absolute Gasteiger partial charge is 0.483 e. The van der Waals surface area contributed by atoms with E-state index in [0.717, 1.165) is 11.1 Å². The van der Waals surface area contributed by atoms with Gasteiger partial charge in [0.1, 0.15) is 5.75 Å². The van der Waals surface area contributed by atoms with Gasteiger partial charge in [-0.3, -0.25) is 9.59 Å². The van der Waals surface area contributed by atoms with Crippen molar-refractivity contribution in [3.05, 3.63) is 29.3 Å². The van der Waals surface area contributed by atoms with Crippen molar-refractivity contribution >= 4 is 11.9 Å². The number of hydrogen-bond acceptors (Lipinski definition) is 5. The molecule has 134 valence electrons. The van der Waals surface area contributed by atoms with Gasteiger partial charge in [0.15, 0.2) is 6.61 Å². The number of carbonyl (C=O) groups is 2. The van der Waals surface area contributed by atoms with E-state index in [9.17, 15) is 9.59 Å². The lowest BCUT2D eigenvalue weighted by atomic mass is 10.1. The highest BCUT2D eigenvalue weighted by Gasteiger charge is 2.16. The van der Waals surface area contributed by atoms with Crippen LogP contribution < -0.4 is 4.74 Å². The lowest BCUT2D eigenvalue weighted by Gasteiger charge is -2.22. The minimum atomic E-state index is -0.338. The molecule has 1 aromatic rings. The van der Waals surface area contributed by atoms with E-state index in [1.165, 1.54) is 7.11 Å². The van der Waals surface area contributed by atoms with E-state index in [1.54, 1.807) is 12.0 Å². The Labute approximate surface area is 143 Å². The van der Waals surface area contributed by atoms with Crippen molar-refractivity contribution in [1.82, 2.24) is 4.90 Å². The molecular weight excluding hydrogens is 310 g/mol. The molecule has 0 aliphatic heterocycles. The van der Waals surface area contributed by atoms with Gasteiger partial charge in [-0.15, -0.1) is 0 Å². The van der Waals surface area contributed by atoms with Crippen LogP contribution in [0.2, 0.25) is 0 Å². The zero-order valence-electron chi connectivity index (χ0n) is 15.0. The Morgan fingerprint density at radius 2 is 1.88 bits per heavy atom. The van der Waals surface area contributed by atoms with Gasteiger partial charge < -0.3 is 19.1 Å².